The standard InChI is InChI=1S/C6H15N3O2S/c7-12(10,11)9-5-6-3-1-2-4-8-6/h6,8-9H,1-5H2,(H2,7,10,11). The summed E-state index contributed by atoms with van der Waals surface area (Å²) in [6, 6.07) is 0.247. The maximum Gasteiger partial charge on any atom is 0.274 e. The molecule has 6 heteroatoms. The van der Waals surface area contributed by atoms with Crippen molar-refractivity contribution in [1.29, 1.82) is 0 Å². The molecule has 1 aliphatic heterocycles. The Bertz CT molecular complexity index is 221. The molecule has 4 N–H and O–H groups in total. The maximum absolute atomic E-state index is 10.5. The Balaban J connectivity index is 2.22. The van der Waals surface area contributed by atoms with Crippen molar-refractivity contribution in [2.45, 2.75) is 25.3 Å². The maximum atomic E-state index is 10.5. The topological polar surface area (TPSA) is 84.2 Å². The van der Waals surface area contributed by atoms with Gasteiger partial charge in [-0.15, -0.1) is 0 Å². The summed E-state index contributed by atoms with van der Waals surface area (Å²) in [5, 5.41) is 8.00. The van der Waals surface area contributed by atoms with E-state index in [-0.39, 0.29) is 6.04 Å². The summed E-state index contributed by atoms with van der Waals surface area (Å²) in [5.41, 5.74) is 0. The van der Waals surface area contributed by atoms with Gasteiger partial charge in [0.2, 0.25) is 0 Å². The van der Waals surface area contributed by atoms with Gasteiger partial charge in [-0.25, -0.2) is 9.86 Å². The van der Waals surface area contributed by atoms with E-state index in [2.05, 4.69) is 10.0 Å². The molecular formula is C6H15N3O2S. The Hall–Kier alpha value is -0.170. The molecule has 1 atom stereocenters. The first-order valence-corrected chi connectivity index (χ1v) is 5.63. The van der Waals surface area contributed by atoms with Gasteiger partial charge in [0, 0.05) is 12.6 Å². The van der Waals surface area contributed by atoms with Crippen LogP contribution in [0.3, 0.4) is 0 Å². The molecule has 0 aromatic heterocycles. The third kappa shape index (κ3) is 4.01. The fourth-order valence-corrected chi connectivity index (χ4v) is 1.75. The minimum atomic E-state index is -3.51. The van der Waals surface area contributed by atoms with Crippen LogP contribution in [0.4, 0.5) is 0 Å². The molecule has 5 nitrogen and oxygen atoms in total. The minimum Gasteiger partial charge on any atom is -0.313 e. The van der Waals surface area contributed by atoms with E-state index < -0.39 is 10.2 Å². The van der Waals surface area contributed by atoms with Crippen LogP contribution < -0.4 is 15.2 Å². The fourth-order valence-electron chi connectivity index (χ4n) is 1.31. The van der Waals surface area contributed by atoms with Crippen molar-refractivity contribution in [3.8, 4) is 0 Å². The Morgan fingerprint density at radius 3 is 2.75 bits per heavy atom. The quantitative estimate of drug-likeness (QED) is 0.533. The molecule has 72 valence electrons. The largest absolute Gasteiger partial charge is 0.313 e. The predicted molar refractivity (Wildman–Crippen MR) is 46.8 cm³/mol. The third-order valence-electron chi connectivity index (χ3n) is 1.94. The molecule has 0 spiro atoms. The Morgan fingerprint density at radius 1 is 1.50 bits per heavy atom. The Kier molecular flexibility index (Phi) is 3.45. The monoisotopic (exact) mass is 193 g/mol. The number of piperidine rings is 1. The van der Waals surface area contributed by atoms with Gasteiger partial charge in [-0.05, 0) is 19.4 Å². The lowest BCUT2D eigenvalue weighted by Gasteiger charge is -2.22. The zero-order chi connectivity index (χ0) is 9.03. The van der Waals surface area contributed by atoms with Crippen LogP contribution >= 0.6 is 0 Å². The van der Waals surface area contributed by atoms with E-state index in [1.165, 1.54) is 6.42 Å². The summed E-state index contributed by atoms with van der Waals surface area (Å²) >= 11 is 0. The number of nitrogens with one attached hydrogen (secondary N) is 2. The summed E-state index contributed by atoms with van der Waals surface area (Å²) < 4.78 is 23.3. The normalized spacial score (nSPS) is 25.6. The lowest BCUT2D eigenvalue weighted by atomic mass is 10.1. The van der Waals surface area contributed by atoms with Crippen molar-refractivity contribution in [2.75, 3.05) is 13.1 Å². The molecule has 1 saturated heterocycles. The first-order chi connectivity index (χ1) is 5.58. The van der Waals surface area contributed by atoms with Gasteiger partial charge in [0.15, 0.2) is 0 Å². The molecule has 12 heavy (non-hydrogen) atoms. The summed E-state index contributed by atoms with van der Waals surface area (Å²) in [6.07, 6.45) is 3.35. The fraction of sp³-hybridized carbons (Fsp3) is 1.00. The second kappa shape index (κ2) is 4.18. The Morgan fingerprint density at radius 2 is 2.25 bits per heavy atom. The summed E-state index contributed by atoms with van der Waals surface area (Å²) in [7, 11) is -3.51. The van der Waals surface area contributed by atoms with Crippen molar-refractivity contribution in [3.05, 3.63) is 0 Å². The molecule has 0 amide bonds. The van der Waals surface area contributed by atoms with Gasteiger partial charge in [0.05, 0.1) is 0 Å². The average Bonchev–Trinajstić information content (AvgIpc) is 2.02. The van der Waals surface area contributed by atoms with E-state index in [0.29, 0.717) is 6.54 Å². The second-order valence-electron chi connectivity index (χ2n) is 3.04. The molecular weight excluding hydrogens is 178 g/mol. The zero-order valence-electron chi connectivity index (χ0n) is 6.91. The highest BCUT2D eigenvalue weighted by molar-refractivity contribution is 7.87. The van der Waals surface area contributed by atoms with Crippen LogP contribution in [0.5, 0.6) is 0 Å². The first kappa shape index (κ1) is 9.91. The molecule has 1 heterocycles. The lowest BCUT2D eigenvalue weighted by Crippen LogP contribution is -2.45. The Labute approximate surface area is 72.9 Å². The summed E-state index contributed by atoms with van der Waals surface area (Å²) in [4.78, 5) is 0. The van der Waals surface area contributed by atoms with Gasteiger partial charge in [-0.3, -0.25) is 0 Å². The average molecular weight is 193 g/mol. The van der Waals surface area contributed by atoms with E-state index in [1.54, 1.807) is 0 Å². The van der Waals surface area contributed by atoms with Crippen LogP contribution in [-0.4, -0.2) is 27.5 Å². The molecule has 0 saturated carbocycles. The van der Waals surface area contributed by atoms with Crippen LogP contribution in [-0.2, 0) is 10.2 Å². The first-order valence-electron chi connectivity index (χ1n) is 4.09. The molecule has 0 aliphatic carbocycles. The number of hydrogen-bond donors (Lipinski definition) is 3. The molecule has 0 aromatic rings. The third-order valence-corrected chi connectivity index (χ3v) is 2.51. The highest BCUT2D eigenvalue weighted by Gasteiger charge is 2.13. The van der Waals surface area contributed by atoms with Crippen LogP contribution in [0.2, 0.25) is 0 Å². The molecule has 0 aromatic carbocycles. The van der Waals surface area contributed by atoms with E-state index in [0.717, 1.165) is 19.4 Å². The summed E-state index contributed by atoms with van der Waals surface area (Å²) in [6.45, 7) is 1.37. The van der Waals surface area contributed by atoms with Gasteiger partial charge in [0.1, 0.15) is 0 Å². The molecule has 1 unspecified atom stereocenters. The second-order valence-corrected chi connectivity index (χ2v) is 4.42. The van der Waals surface area contributed by atoms with E-state index in [9.17, 15) is 8.42 Å². The predicted octanol–water partition coefficient (Wildman–Crippen LogP) is -1.08. The van der Waals surface area contributed by atoms with E-state index in [1.807, 2.05) is 0 Å². The van der Waals surface area contributed by atoms with Gasteiger partial charge in [-0.2, -0.15) is 8.42 Å². The van der Waals surface area contributed by atoms with Crippen molar-refractivity contribution >= 4 is 10.2 Å². The van der Waals surface area contributed by atoms with E-state index in [4.69, 9.17) is 5.14 Å². The van der Waals surface area contributed by atoms with Crippen LogP contribution in [0.15, 0.2) is 0 Å². The van der Waals surface area contributed by atoms with Crippen LogP contribution in [0, 0.1) is 0 Å². The molecule has 0 bridgehead atoms. The zero-order valence-corrected chi connectivity index (χ0v) is 7.73. The molecule has 1 aliphatic rings. The molecule has 1 rings (SSSR count). The van der Waals surface area contributed by atoms with Gasteiger partial charge in [-0.1, -0.05) is 6.42 Å². The lowest BCUT2D eigenvalue weighted by molar-refractivity contribution is 0.398. The van der Waals surface area contributed by atoms with Crippen molar-refractivity contribution in [3.63, 3.8) is 0 Å². The number of hydrogen-bond acceptors (Lipinski definition) is 3. The number of rotatable bonds is 3. The summed E-state index contributed by atoms with van der Waals surface area (Å²) in [5.74, 6) is 0. The van der Waals surface area contributed by atoms with E-state index >= 15 is 0 Å². The SMILES string of the molecule is NS(=O)(=O)NCC1CCCCN1. The minimum absolute atomic E-state index is 0.247. The van der Waals surface area contributed by atoms with Crippen LogP contribution in [0.25, 0.3) is 0 Å². The van der Waals surface area contributed by atoms with Gasteiger partial charge < -0.3 is 5.32 Å². The van der Waals surface area contributed by atoms with Gasteiger partial charge in [0.25, 0.3) is 10.2 Å². The van der Waals surface area contributed by atoms with Gasteiger partial charge >= 0.3 is 0 Å². The van der Waals surface area contributed by atoms with Crippen molar-refractivity contribution in [1.82, 2.24) is 10.0 Å². The molecule has 1 fully saturated rings. The highest BCUT2D eigenvalue weighted by Crippen LogP contribution is 2.05. The highest BCUT2D eigenvalue weighted by atomic mass is 32.2. The van der Waals surface area contributed by atoms with Crippen molar-refractivity contribution < 1.29 is 8.42 Å². The van der Waals surface area contributed by atoms with Crippen molar-refractivity contribution in [2.24, 2.45) is 5.14 Å². The van der Waals surface area contributed by atoms with Crippen LogP contribution in [0.1, 0.15) is 19.3 Å². The molecule has 0 radical (unpaired) electrons. The number of nitrogens with two attached hydrogens (primary N) is 1. The smallest absolute Gasteiger partial charge is 0.274 e.